The van der Waals surface area contributed by atoms with Crippen LogP contribution < -0.4 is 5.32 Å². The van der Waals surface area contributed by atoms with Gasteiger partial charge < -0.3 is 10.1 Å². The number of nitrogens with zero attached hydrogens (tertiary/aromatic N) is 3. The van der Waals surface area contributed by atoms with Gasteiger partial charge in [0.25, 0.3) is 0 Å². The molecule has 2 N–H and O–H groups in total. The first-order valence-corrected chi connectivity index (χ1v) is 6.81. The molecule has 8 nitrogen and oxygen atoms in total. The van der Waals surface area contributed by atoms with E-state index in [1.165, 1.54) is 0 Å². The van der Waals surface area contributed by atoms with Crippen LogP contribution in [0.15, 0.2) is 12.3 Å². The van der Waals surface area contributed by atoms with E-state index in [1.807, 2.05) is 13.8 Å². The van der Waals surface area contributed by atoms with E-state index in [2.05, 4.69) is 25.5 Å². The van der Waals surface area contributed by atoms with Crippen molar-refractivity contribution in [2.75, 3.05) is 11.9 Å². The molecule has 0 radical (unpaired) electrons. The minimum Gasteiger partial charge on any atom is -0.466 e. The molecule has 0 saturated heterocycles. The molecule has 0 atom stereocenters. The van der Waals surface area contributed by atoms with Crippen LogP contribution in [0.4, 0.5) is 5.82 Å². The Morgan fingerprint density at radius 2 is 2.14 bits per heavy atom. The van der Waals surface area contributed by atoms with Gasteiger partial charge in [-0.05, 0) is 20.8 Å². The van der Waals surface area contributed by atoms with Crippen molar-refractivity contribution >= 4 is 17.7 Å². The molecule has 0 aliphatic heterocycles. The van der Waals surface area contributed by atoms with Crippen molar-refractivity contribution in [1.82, 2.24) is 20.2 Å². The van der Waals surface area contributed by atoms with Crippen LogP contribution in [0.25, 0.3) is 11.4 Å². The monoisotopic (exact) mass is 303 g/mol. The quantitative estimate of drug-likeness (QED) is 0.637. The molecular weight excluding hydrogens is 286 g/mol. The lowest BCUT2D eigenvalue weighted by Crippen LogP contribution is -2.18. The lowest BCUT2D eigenvalue weighted by Gasteiger charge is -2.02. The van der Waals surface area contributed by atoms with E-state index in [-0.39, 0.29) is 13.0 Å². The summed E-state index contributed by atoms with van der Waals surface area (Å²) in [7, 11) is 0. The molecule has 0 aliphatic rings. The van der Waals surface area contributed by atoms with Crippen molar-refractivity contribution in [3.8, 4) is 11.4 Å². The smallest absolute Gasteiger partial charge is 0.315 e. The van der Waals surface area contributed by atoms with Crippen molar-refractivity contribution in [3.05, 3.63) is 23.7 Å². The average Bonchev–Trinajstić information content (AvgIpc) is 2.89. The molecule has 2 aromatic heterocycles. The third-order valence-electron chi connectivity index (χ3n) is 2.78. The number of ether oxygens (including phenoxy) is 1. The number of hydrogen-bond acceptors (Lipinski definition) is 6. The first kappa shape index (κ1) is 15.6. The predicted octanol–water partition coefficient (Wildman–Crippen LogP) is 1.38. The van der Waals surface area contributed by atoms with E-state index in [4.69, 9.17) is 4.74 Å². The summed E-state index contributed by atoms with van der Waals surface area (Å²) in [4.78, 5) is 31.5. The SMILES string of the molecule is CCOC(=O)CC(=O)Nc1cc(-c2nc(C)cnc2C)n[nH]1. The summed E-state index contributed by atoms with van der Waals surface area (Å²) in [5, 5.41) is 9.33. The molecule has 0 fully saturated rings. The Bertz CT molecular complexity index is 696. The van der Waals surface area contributed by atoms with Gasteiger partial charge in [-0.3, -0.25) is 19.7 Å². The lowest BCUT2D eigenvalue weighted by atomic mass is 10.2. The Hall–Kier alpha value is -2.77. The summed E-state index contributed by atoms with van der Waals surface area (Å²) in [5.41, 5.74) is 2.72. The van der Waals surface area contributed by atoms with Crippen LogP contribution in [0.1, 0.15) is 24.7 Å². The van der Waals surface area contributed by atoms with Crippen LogP contribution in [0.5, 0.6) is 0 Å². The number of anilines is 1. The lowest BCUT2D eigenvalue weighted by molar-refractivity contribution is -0.145. The van der Waals surface area contributed by atoms with Gasteiger partial charge in [-0.25, -0.2) is 4.98 Å². The van der Waals surface area contributed by atoms with E-state index in [1.54, 1.807) is 19.2 Å². The van der Waals surface area contributed by atoms with Gasteiger partial charge in [-0.2, -0.15) is 5.10 Å². The second-order valence-electron chi connectivity index (χ2n) is 4.64. The van der Waals surface area contributed by atoms with Crippen molar-refractivity contribution < 1.29 is 14.3 Å². The predicted molar refractivity (Wildman–Crippen MR) is 79.0 cm³/mol. The minimum absolute atomic E-state index is 0.242. The Labute approximate surface area is 127 Å². The highest BCUT2D eigenvalue weighted by Gasteiger charge is 2.14. The number of carbonyl (C=O) groups is 2. The fourth-order valence-corrected chi connectivity index (χ4v) is 1.82. The molecule has 8 heteroatoms. The molecule has 2 rings (SSSR count). The highest BCUT2D eigenvalue weighted by molar-refractivity contribution is 6.01. The zero-order chi connectivity index (χ0) is 16.1. The molecule has 0 aromatic carbocycles. The molecule has 0 spiro atoms. The highest BCUT2D eigenvalue weighted by atomic mass is 16.5. The van der Waals surface area contributed by atoms with Crippen LogP contribution in [-0.4, -0.2) is 38.6 Å². The number of hydrogen-bond donors (Lipinski definition) is 2. The van der Waals surface area contributed by atoms with E-state index >= 15 is 0 Å². The number of carbonyl (C=O) groups excluding carboxylic acids is 2. The van der Waals surface area contributed by atoms with E-state index in [0.717, 1.165) is 11.4 Å². The van der Waals surface area contributed by atoms with Gasteiger partial charge in [0.2, 0.25) is 5.91 Å². The Kier molecular flexibility index (Phi) is 4.82. The maximum Gasteiger partial charge on any atom is 0.315 e. The van der Waals surface area contributed by atoms with Gasteiger partial charge >= 0.3 is 5.97 Å². The fraction of sp³-hybridized carbons (Fsp3) is 0.357. The summed E-state index contributed by atoms with van der Waals surface area (Å²) >= 11 is 0. The maximum absolute atomic E-state index is 11.7. The van der Waals surface area contributed by atoms with Crippen LogP contribution in [0.2, 0.25) is 0 Å². The second kappa shape index (κ2) is 6.79. The normalized spacial score (nSPS) is 10.3. The van der Waals surface area contributed by atoms with Crippen LogP contribution >= 0.6 is 0 Å². The zero-order valence-corrected chi connectivity index (χ0v) is 12.6. The number of aromatic nitrogens is 4. The summed E-state index contributed by atoms with van der Waals surface area (Å²) < 4.78 is 4.71. The molecule has 2 heterocycles. The van der Waals surface area contributed by atoms with Crippen LogP contribution in [0, 0.1) is 13.8 Å². The minimum atomic E-state index is -0.569. The second-order valence-corrected chi connectivity index (χ2v) is 4.64. The topological polar surface area (TPSA) is 110 Å². The number of nitrogens with one attached hydrogen (secondary N) is 2. The third-order valence-corrected chi connectivity index (χ3v) is 2.78. The molecule has 22 heavy (non-hydrogen) atoms. The Morgan fingerprint density at radius 3 is 2.86 bits per heavy atom. The van der Waals surface area contributed by atoms with Gasteiger partial charge in [0.1, 0.15) is 23.6 Å². The summed E-state index contributed by atoms with van der Waals surface area (Å²) in [6.45, 7) is 5.59. The van der Waals surface area contributed by atoms with Crippen molar-refractivity contribution in [1.29, 1.82) is 0 Å². The number of esters is 1. The van der Waals surface area contributed by atoms with Crippen LogP contribution in [0.3, 0.4) is 0 Å². The van der Waals surface area contributed by atoms with Crippen molar-refractivity contribution in [2.24, 2.45) is 0 Å². The first-order chi connectivity index (χ1) is 10.5. The zero-order valence-electron chi connectivity index (χ0n) is 12.6. The number of rotatable bonds is 5. The van der Waals surface area contributed by atoms with E-state index < -0.39 is 11.9 Å². The number of aromatic amines is 1. The molecule has 0 unspecified atom stereocenters. The van der Waals surface area contributed by atoms with E-state index in [9.17, 15) is 9.59 Å². The van der Waals surface area contributed by atoms with Gasteiger partial charge in [0, 0.05) is 12.3 Å². The maximum atomic E-state index is 11.7. The van der Waals surface area contributed by atoms with Crippen molar-refractivity contribution in [2.45, 2.75) is 27.2 Å². The molecule has 0 bridgehead atoms. The Morgan fingerprint density at radius 1 is 1.36 bits per heavy atom. The summed E-state index contributed by atoms with van der Waals surface area (Å²) in [6, 6.07) is 1.64. The van der Waals surface area contributed by atoms with Gasteiger partial charge in [0.05, 0.1) is 18.0 Å². The third kappa shape index (κ3) is 3.87. The highest BCUT2D eigenvalue weighted by Crippen LogP contribution is 2.20. The molecule has 0 saturated carbocycles. The van der Waals surface area contributed by atoms with E-state index in [0.29, 0.717) is 17.2 Å². The molecule has 116 valence electrons. The summed E-state index contributed by atoms with van der Waals surface area (Å²) in [5.74, 6) is -0.659. The fourth-order valence-electron chi connectivity index (χ4n) is 1.82. The van der Waals surface area contributed by atoms with Crippen molar-refractivity contribution in [3.63, 3.8) is 0 Å². The Balaban J connectivity index is 2.07. The first-order valence-electron chi connectivity index (χ1n) is 6.81. The van der Waals surface area contributed by atoms with Gasteiger partial charge in [0.15, 0.2) is 0 Å². The van der Waals surface area contributed by atoms with Gasteiger partial charge in [-0.15, -0.1) is 0 Å². The molecular formula is C14H17N5O3. The number of amides is 1. The largest absolute Gasteiger partial charge is 0.466 e. The molecule has 0 aliphatic carbocycles. The standard InChI is InChI=1S/C14H17N5O3/c1-4-22-13(21)6-12(20)17-11-5-10(18-19-11)14-9(3)15-7-8(2)16-14/h5,7H,4,6H2,1-3H3,(H2,17,18,19,20). The number of aryl methyl sites for hydroxylation is 2. The van der Waals surface area contributed by atoms with Gasteiger partial charge in [-0.1, -0.05) is 0 Å². The average molecular weight is 303 g/mol. The van der Waals surface area contributed by atoms with Crippen LogP contribution in [-0.2, 0) is 14.3 Å². The molecule has 1 amide bonds. The summed E-state index contributed by atoms with van der Waals surface area (Å²) in [6.07, 6.45) is 1.33. The number of H-pyrrole nitrogens is 1. The molecule has 2 aromatic rings.